The summed E-state index contributed by atoms with van der Waals surface area (Å²) in [5.41, 5.74) is 1.75. The Morgan fingerprint density at radius 1 is 1.15 bits per heavy atom. The van der Waals surface area contributed by atoms with Crippen molar-refractivity contribution < 1.29 is 23.9 Å². The Morgan fingerprint density at radius 2 is 1.91 bits per heavy atom. The van der Waals surface area contributed by atoms with E-state index < -0.39 is 17.9 Å². The summed E-state index contributed by atoms with van der Waals surface area (Å²) < 4.78 is 5.15. The van der Waals surface area contributed by atoms with Crippen molar-refractivity contribution in [2.45, 2.75) is 20.4 Å². The van der Waals surface area contributed by atoms with Crippen LogP contribution in [-0.2, 0) is 16.1 Å². The van der Waals surface area contributed by atoms with E-state index in [0.29, 0.717) is 37.8 Å². The standard InChI is InChI=1S/C23H19Cl2N3O5/c1-3-33-22(31)21-16(20-17(25)8-14(24)9-18(20)26-21)10-27-11-19(30)28(23(27)32)15-6-4-5-13(7-15)12(2)29/h4-9,26H,3,10-11H2,1-2H3. The number of imide groups is 1. The average molecular weight is 488 g/mol. The van der Waals surface area contributed by atoms with Crippen molar-refractivity contribution in [2.75, 3.05) is 18.1 Å². The number of rotatable bonds is 6. The monoisotopic (exact) mass is 487 g/mol. The topological polar surface area (TPSA) is 99.8 Å². The number of benzene rings is 2. The van der Waals surface area contributed by atoms with Gasteiger partial charge in [-0.3, -0.25) is 9.59 Å². The van der Waals surface area contributed by atoms with Gasteiger partial charge in [0.2, 0.25) is 0 Å². The number of ether oxygens (including phenoxy) is 1. The van der Waals surface area contributed by atoms with Crippen LogP contribution in [0, 0.1) is 0 Å². The third-order valence-electron chi connectivity index (χ3n) is 5.29. The van der Waals surface area contributed by atoms with Crippen molar-refractivity contribution in [2.24, 2.45) is 0 Å². The van der Waals surface area contributed by atoms with Crippen molar-refractivity contribution in [3.05, 3.63) is 63.3 Å². The second kappa shape index (κ2) is 8.88. The maximum absolute atomic E-state index is 13.2. The number of nitrogens with one attached hydrogen (secondary N) is 1. The summed E-state index contributed by atoms with van der Waals surface area (Å²) in [6, 6.07) is 8.88. The lowest BCUT2D eigenvalue weighted by Crippen LogP contribution is -2.33. The van der Waals surface area contributed by atoms with Crippen LogP contribution in [0.1, 0.15) is 40.3 Å². The second-order valence-electron chi connectivity index (χ2n) is 7.48. The first-order valence-corrected chi connectivity index (χ1v) is 10.9. The van der Waals surface area contributed by atoms with E-state index in [2.05, 4.69) is 4.98 Å². The van der Waals surface area contributed by atoms with Gasteiger partial charge in [0.25, 0.3) is 5.91 Å². The highest BCUT2D eigenvalue weighted by molar-refractivity contribution is 6.39. The third-order valence-corrected chi connectivity index (χ3v) is 5.81. The van der Waals surface area contributed by atoms with Crippen LogP contribution in [0.2, 0.25) is 10.0 Å². The Balaban J connectivity index is 1.73. The number of ketones is 1. The van der Waals surface area contributed by atoms with E-state index in [-0.39, 0.29) is 31.2 Å². The Kier molecular flexibility index (Phi) is 6.14. The zero-order valence-corrected chi connectivity index (χ0v) is 19.3. The number of esters is 1. The van der Waals surface area contributed by atoms with E-state index in [1.54, 1.807) is 31.2 Å². The maximum atomic E-state index is 13.2. The quantitative estimate of drug-likeness (QED) is 0.305. The lowest BCUT2D eigenvalue weighted by molar-refractivity contribution is -0.116. The number of halogens is 2. The summed E-state index contributed by atoms with van der Waals surface area (Å²) in [7, 11) is 0. The van der Waals surface area contributed by atoms with Crippen LogP contribution in [-0.4, -0.2) is 46.7 Å². The lowest BCUT2D eigenvalue weighted by atomic mass is 10.1. The molecule has 0 atom stereocenters. The number of aromatic amines is 1. The summed E-state index contributed by atoms with van der Waals surface area (Å²) in [5.74, 6) is -1.24. The van der Waals surface area contributed by atoms with Gasteiger partial charge in [-0.25, -0.2) is 14.5 Å². The molecule has 1 saturated heterocycles. The molecule has 33 heavy (non-hydrogen) atoms. The van der Waals surface area contributed by atoms with Gasteiger partial charge in [0.05, 0.1) is 23.9 Å². The number of carbonyl (C=O) groups is 4. The Morgan fingerprint density at radius 3 is 2.61 bits per heavy atom. The number of aromatic nitrogens is 1. The number of fused-ring (bicyclic) bond motifs is 1. The van der Waals surface area contributed by atoms with Gasteiger partial charge in [-0.2, -0.15) is 0 Å². The molecule has 3 amide bonds. The summed E-state index contributed by atoms with van der Waals surface area (Å²) >= 11 is 12.5. The molecule has 1 fully saturated rings. The minimum atomic E-state index is -0.611. The van der Waals surface area contributed by atoms with Gasteiger partial charge in [0, 0.05) is 27.1 Å². The average Bonchev–Trinajstić information content (AvgIpc) is 3.25. The first-order chi connectivity index (χ1) is 15.7. The third kappa shape index (κ3) is 4.19. The molecule has 3 aromatic rings. The molecule has 0 unspecified atom stereocenters. The van der Waals surface area contributed by atoms with Crippen LogP contribution in [0.5, 0.6) is 0 Å². The molecule has 0 spiro atoms. The molecule has 170 valence electrons. The normalized spacial score (nSPS) is 13.8. The van der Waals surface area contributed by atoms with E-state index in [4.69, 9.17) is 27.9 Å². The maximum Gasteiger partial charge on any atom is 0.355 e. The zero-order chi connectivity index (χ0) is 23.9. The van der Waals surface area contributed by atoms with E-state index in [9.17, 15) is 19.2 Å². The van der Waals surface area contributed by atoms with Crippen LogP contribution < -0.4 is 4.90 Å². The summed E-state index contributed by atoms with van der Waals surface area (Å²) in [4.78, 5) is 55.5. The molecule has 4 rings (SSSR count). The predicted molar refractivity (Wildman–Crippen MR) is 124 cm³/mol. The second-order valence-corrected chi connectivity index (χ2v) is 8.33. The highest BCUT2D eigenvalue weighted by Gasteiger charge is 2.38. The predicted octanol–water partition coefficient (Wildman–Crippen LogP) is 4.82. The van der Waals surface area contributed by atoms with E-state index >= 15 is 0 Å². The van der Waals surface area contributed by atoms with E-state index in [1.807, 2.05) is 0 Å². The summed E-state index contributed by atoms with van der Waals surface area (Å²) in [6.45, 7) is 2.97. The molecule has 0 aliphatic carbocycles. The number of carbonyl (C=O) groups excluding carboxylic acids is 4. The summed E-state index contributed by atoms with van der Waals surface area (Å²) in [6.07, 6.45) is 0. The Bertz CT molecular complexity index is 1320. The number of Topliss-reactive ketones (excluding diaryl/α,β-unsaturated/α-hetero) is 1. The van der Waals surface area contributed by atoms with Crippen LogP contribution in [0.3, 0.4) is 0 Å². The molecule has 0 radical (unpaired) electrons. The minimum Gasteiger partial charge on any atom is -0.461 e. The molecular formula is C23H19Cl2N3O5. The van der Waals surface area contributed by atoms with Crippen LogP contribution in [0.4, 0.5) is 10.5 Å². The number of H-pyrrole nitrogens is 1. The van der Waals surface area contributed by atoms with Crippen molar-refractivity contribution >= 4 is 63.5 Å². The van der Waals surface area contributed by atoms with Crippen LogP contribution in [0.15, 0.2) is 36.4 Å². The molecule has 0 bridgehead atoms. The first kappa shape index (κ1) is 22.8. The van der Waals surface area contributed by atoms with Gasteiger partial charge >= 0.3 is 12.0 Å². The fraction of sp³-hybridized carbons (Fsp3) is 0.217. The number of anilines is 1. The number of urea groups is 1. The van der Waals surface area contributed by atoms with Gasteiger partial charge in [0.15, 0.2) is 5.78 Å². The lowest BCUT2D eigenvalue weighted by Gasteiger charge is -2.18. The van der Waals surface area contributed by atoms with Crippen LogP contribution in [0.25, 0.3) is 10.9 Å². The molecular weight excluding hydrogens is 469 g/mol. The first-order valence-electron chi connectivity index (χ1n) is 10.1. The fourth-order valence-electron chi connectivity index (χ4n) is 3.83. The number of nitrogens with zero attached hydrogens (tertiary/aromatic N) is 2. The molecule has 10 heteroatoms. The number of hydrogen-bond acceptors (Lipinski definition) is 5. The largest absolute Gasteiger partial charge is 0.461 e. The fourth-order valence-corrected chi connectivity index (χ4v) is 4.44. The minimum absolute atomic E-state index is 0.0665. The zero-order valence-electron chi connectivity index (χ0n) is 17.8. The smallest absolute Gasteiger partial charge is 0.355 e. The van der Waals surface area contributed by atoms with Gasteiger partial charge in [-0.05, 0) is 38.1 Å². The van der Waals surface area contributed by atoms with Crippen molar-refractivity contribution in [1.29, 1.82) is 0 Å². The molecule has 2 aromatic carbocycles. The van der Waals surface area contributed by atoms with Gasteiger partial charge in [-0.1, -0.05) is 35.3 Å². The van der Waals surface area contributed by atoms with Crippen molar-refractivity contribution in [1.82, 2.24) is 9.88 Å². The van der Waals surface area contributed by atoms with Crippen molar-refractivity contribution in [3.8, 4) is 0 Å². The van der Waals surface area contributed by atoms with Gasteiger partial charge < -0.3 is 14.6 Å². The van der Waals surface area contributed by atoms with Gasteiger partial charge in [0.1, 0.15) is 12.2 Å². The molecule has 1 aliphatic heterocycles. The number of hydrogen-bond donors (Lipinski definition) is 1. The van der Waals surface area contributed by atoms with Gasteiger partial charge in [-0.15, -0.1) is 0 Å². The Labute approximate surface area is 199 Å². The molecule has 8 nitrogen and oxygen atoms in total. The van der Waals surface area contributed by atoms with Crippen molar-refractivity contribution in [3.63, 3.8) is 0 Å². The molecule has 2 heterocycles. The molecule has 0 saturated carbocycles. The number of amides is 3. The van der Waals surface area contributed by atoms with E-state index in [1.165, 1.54) is 24.0 Å². The SMILES string of the molecule is CCOC(=O)c1[nH]c2cc(Cl)cc(Cl)c2c1CN1CC(=O)N(c2cccc(C(C)=O)c2)C1=O. The van der Waals surface area contributed by atoms with Crippen LogP contribution >= 0.6 is 23.2 Å². The molecule has 1 N–H and O–H groups in total. The summed E-state index contributed by atoms with van der Waals surface area (Å²) in [5, 5.41) is 1.18. The Hall–Kier alpha value is -3.36. The highest BCUT2D eigenvalue weighted by Crippen LogP contribution is 2.34. The highest BCUT2D eigenvalue weighted by atomic mass is 35.5. The van der Waals surface area contributed by atoms with E-state index in [0.717, 1.165) is 4.90 Å². The molecule has 1 aliphatic rings. The molecule has 1 aromatic heterocycles.